The van der Waals surface area contributed by atoms with Crippen LogP contribution in [-0.4, -0.2) is 30.0 Å². The van der Waals surface area contributed by atoms with Crippen LogP contribution in [0.5, 0.6) is 0 Å². The fourth-order valence-corrected chi connectivity index (χ4v) is 1.01. The quantitative estimate of drug-likeness (QED) is 0.646. The monoisotopic (exact) mass is 199 g/mol. The van der Waals surface area contributed by atoms with Gasteiger partial charge >= 0.3 is 6.03 Å². The van der Waals surface area contributed by atoms with E-state index in [1.54, 1.807) is 32.4 Å². The molecule has 0 saturated carbocycles. The first-order chi connectivity index (χ1) is 6.13. The molecule has 0 aromatic carbocycles. The van der Waals surface area contributed by atoms with Gasteiger partial charge in [-0.3, -0.25) is 4.98 Å². The average Bonchev–Trinajstić information content (AvgIpc) is 2.17. The van der Waals surface area contributed by atoms with Gasteiger partial charge in [-0.25, -0.2) is 9.21 Å². The molecule has 0 N–H and O–H groups in total. The van der Waals surface area contributed by atoms with Crippen LogP contribution >= 0.6 is 11.8 Å². The van der Waals surface area contributed by atoms with E-state index in [1.165, 1.54) is 11.1 Å². The third-order valence-corrected chi connectivity index (χ3v) is 1.76. The van der Waals surface area contributed by atoms with Gasteiger partial charge in [-0.1, -0.05) is 0 Å². The lowest BCUT2D eigenvalue weighted by Gasteiger charge is -2.18. The van der Waals surface area contributed by atoms with Crippen LogP contribution in [0.15, 0.2) is 24.5 Å². The molecule has 2 amide bonds. The van der Waals surface area contributed by atoms with E-state index in [4.69, 9.17) is 11.8 Å². The van der Waals surface area contributed by atoms with E-state index in [-0.39, 0.29) is 6.03 Å². The number of hydrogen-bond donors (Lipinski definition) is 0. The molecule has 0 aliphatic rings. The molecule has 0 bridgehead atoms. The zero-order valence-electron chi connectivity index (χ0n) is 7.44. The second-order valence-corrected chi connectivity index (χ2v) is 3.01. The summed E-state index contributed by atoms with van der Waals surface area (Å²) in [5.74, 6) is 0. The minimum Gasteiger partial charge on any atom is -0.329 e. The minimum absolute atomic E-state index is 0.297. The lowest BCUT2D eigenvalue weighted by molar-refractivity contribution is 0.227. The maximum atomic E-state index is 11.3. The van der Waals surface area contributed by atoms with E-state index in [0.717, 1.165) is 4.42 Å². The summed E-state index contributed by atoms with van der Waals surface area (Å²) in [6.07, 6.45) is 3.14. The van der Waals surface area contributed by atoms with Gasteiger partial charge in [-0.15, -0.1) is 0 Å². The van der Waals surface area contributed by atoms with E-state index in [9.17, 15) is 4.79 Å². The summed E-state index contributed by atoms with van der Waals surface area (Å²) in [4.78, 5) is 16.6. The Morgan fingerprint density at radius 1 is 1.54 bits per heavy atom. The zero-order chi connectivity index (χ0) is 9.84. The molecule has 1 aromatic rings. The second kappa shape index (κ2) is 4.09. The Kier molecular flexibility index (Phi) is 3.08. The Morgan fingerprint density at radius 3 is 2.69 bits per heavy atom. The number of carbonyl (C=O) groups is 1. The number of anilines is 1. The predicted molar refractivity (Wildman–Crippen MR) is 51.7 cm³/mol. The molecule has 13 heavy (non-hydrogen) atoms. The highest BCUT2D eigenvalue weighted by molar-refractivity contribution is 6.36. The number of hydrogen-bond acceptors (Lipinski definition) is 2. The molecule has 70 valence electrons. The van der Waals surface area contributed by atoms with Gasteiger partial charge in [-0.05, 0) is 12.1 Å². The lowest BCUT2D eigenvalue weighted by Crippen LogP contribution is -2.32. The van der Waals surface area contributed by atoms with E-state index in [2.05, 4.69) is 4.98 Å². The van der Waals surface area contributed by atoms with Crippen molar-refractivity contribution < 1.29 is 4.79 Å². The van der Waals surface area contributed by atoms with Gasteiger partial charge in [0.2, 0.25) is 0 Å². The van der Waals surface area contributed by atoms with Crippen LogP contribution in [0.1, 0.15) is 0 Å². The van der Waals surface area contributed by atoms with Crippen LogP contribution in [0.2, 0.25) is 0 Å². The first-order valence-electron chi connectivity index (χ1n) is 3.70. The Hall–Kier alpha value is -1.29. The first kappa shape index (κ1) is 9.80. The summed E-state index contributed by atoms with van der Waals surface area (Å²) >= 11 is 5.75. The number of aromatic nitrogens is 1. The summed E-state index contributed by atoms with van der Waals surface area (Å²) in [6.45, 7) is 0. The molecule has 5 heteroatoms. The zero-order valence-corrected chi connectivity index (χ0v) is 8.19. The van der Waals surface area contributed by atoms with Crippen molar-refractivity contribution in [1.82, 2.24) is 9.88 Å². The number of pyridine rings is 1. The van der Waals surface area contributed by atoms with Gasteiger partial charge in [0.25, 0.3) is 0 Å². The molecule has 4 nitrogen and oxygen atoms in total. The average molecular weight is 200 g/mol. The van der Waals surface area contributed by atoms with Crippen LogP contribution in [0.3, 0.4) is 0 Å². The molecule has 1 rings (SSSR count). The molecule has 0 aliphatic heterocycles. The summed E-state index contributed by atoms with van der Waals surface area (Å²) in [6, 6.07) is 3.13. The minimum atomic E-state index is -0.297. The van der Waals surface area contributed by atoms with E-state index in [1.807, 2.05) is 0 Å². The molecule has 0 fully saturated rings. The van der Waals surface area contributed by atoms with Gasteiger partial charge in [0, 0.05) is 32.1 Å². The summed E-state index contributed by atoms with van der Waals surface area (Å²) in [7, 11) is 3.27. The normalized spacial score (nSPS) is 9.46. The fourth-order valence-electron chi connectivity index (χ4n) is 0.756. The third-order valence-electron chi connectivity index (χ3n) is 1.42. The predicted octanol–water partition coefficient (Wildman–Crippen LogP) is 1.72. The van der Waals surface area contributed by atoms with Gasteiger partial charge in [0.05, 0.1) is 11.9 Å². The van der Waals surface area contributed by atoms with Crippen molar-refractivity contribution in [3.05, 3.63) is 24.5 Å². The van der Waals surface area contributed by atoms with Crippen molar-refractivity contribution in [2.75, 3.05) is 18.5 Å². The molecule has 0 aliphatic carbocycles. The molecule has 0 atom stereocenters. The largest absolute Gasteiger partial charge is 0.338 e. The number of nitrogens with zero attached hydrogens (tertiary/aromatic N) is 3. The maximum absolute atomic E-state index is 11.3. The SMILES string of the molecule is CN(C)C(=O)N(Cl)c1cccnc1. The maximum Gasteiger partial charge on any atom is 0.338 e. The Balaban J connectivity index is 2.80. The smallest absolute Gasteiger partial charge is 0.329 e. The van der Waals surface area contributed by atoms with Crippen molar-refractivity contribution in [2.24, 2.45) is 0 Å². The van der Waals surface area contributed by atoms with Gasteiger partial charge in [-0.2, -0.15) is 0 Å². The van der Waals surface area contributed by atoms with Crippen LogP contribution in [0.4, 0.5) is 10.5 Å². The number of amides is 2. The standard InChI is InChI=1S/C8H10ClN3O/c1-11(2)8(13)12(9)7-4-3-5-10-6-7/h3-6H,1-2H3. The van der Waals surface area contributed by atoms with Gasteiger partial charge in [0.15, 0.2) is 0 Å². The van der Waals surface area contributed by atoms with Crippen molar-refractivity contribution >= 4 is 23.5 Å². The highest BCUT2D eigenvalue weighted by atomic mass is 35.5. The molecule has 1 aromatic heterocycles. The molecule has 0 unspecified atom stereocenters. The Morgan fingerprint density at radius 2 is 2.23 bits per heavy atom. The summed E-state index contributed by atoms with van der Waals surface area (Å²) in [5, 5.41) is 0. The van der Waals surface area contributed by atoms with Crippen molar-refractivity contribution in [1.29, 1.82) is 0 Å². The second-order valence-electron chi connectivity index (χ2n) is 2.67. The number of carbonyl (C=O) groups excluding carboxylic acids is 1. The van der Waals surface area contributed by atoms with Gasteiger partial charge < -0.3 is 4.90 Å². The molecule has 0 saturated heterocycles. The Bertz CT molecular complexity index is 289. The molecule has 1 heterocycles. The van der Waals surface area contributed by atoms with Crippen LogP contribution < -0.4 is 4.42 Å². The molecular weight excluding hydrogens is 190 g/mol. The van der Waals surface area contributed by atoms with Crippen molar-refractivity contribution in [3.63, 3.8) is 0 Å². The summed E-state index contributed by atoms with van der Waals surface area (Å²) < 4.78 is 1.02. The summed E-state index contributed by atoms with van der Waals surface area (Å²) in [5.41, 5.74) is 0.558. The van der Waals surface area contributed by atoms with Crippen LogP contribution in [0.25, 0.3) is 0 Å². The van der Waals surface area contributed by atoms with Gasteiger partial charge in [0.1, 0.15) is 0 Å². The Labute approximate surface area is 81.8 Å². The molecule has 0 radical (unpaired) electrons. The highest BCUT2D eigenvalue weighted by Crippen LogP contribution is 2.15. The number of urea groups is 1. The van der Waals surface area contributed by atoms with Crippen LogP contribution in [0, 0.1) is 0 Å². The fraction of sp³-hybridized carbons (Fsp3) is 0.250. The first-order valence-corrected chi connectivity index (χ1v) is 4.04. The number of halogens is 1. The highest BCUT2D eigenvalue weighted by Gasteiger charge is 2.14. The molecule has 0 spiro atoms. The van der Waals surface area contributed by atoms with E-state index in [0.29, 0.717) is 5.69 Å². The van der Waals surface area contributed by atoms with E-state index >= 15 is 0 Å². The van der Waals surface area contributed by atoms with E-state index < -0.39 is 0 Å². The number of rotatable bonds is 1. The lowest BCUT2D eigenvalue weighted by atomic mass is 10.4. The van der Waals surface area contributed by atoms with Crippen molar-refractivity contribution in [2.45, 2.75) is 0 Å². The topological polar surface area (TPSA) is 36.4 Å². The van der Waals surface area contributed by atoms with Crippen LogP contribution in [-0.2, 0) is 0 Å². The van der Waals surface area contributed by atoms with Crippen molar-refractivity contribution in [3.8, 4) is 0 Å². The third kappa shape index (κ3) is 2.32. The molecular formula is C8H10ClN3O.